The van der Waals surface area contributed by atoms with Crippen molar-refractivity contribution in [3.8, 4) is 0 Å². The summed E-state index contributed by atoms with van der Waals surface area (Å²) in [6, 6.07) is 6.15. The summed E-state index contributed by atoms with van der Waals surface area (Å²) >= 11 is 3.29. The highest BCUT2D eigenvalue weighted by atomic mass is 79.9. The Kier molecular flexibility index (Phi) is 4.76. The lowest BCUT2D eigenvalue weighted by molar-refractivity contribution is 0.0880. The molecular formula is C14H20BrFN2. The van der Waals surface area contributed by atoms with Crippen molar-refractivity contribution < 1.29 is 4.39 Å². The van der Waals surface area contributed by atoms with Crippen LogP contribution in [0.3, 0.4) is 0 Å². The molecule has 0 aromatic heterocycles. The second-order valence-corrected chi connectivity index (χ2v) is 5.99. The van der Waals surface area contributed by atoms with Crippen molar-refractivity contribution in [3.63, 3.8) is 0 Å². The zero-order valence-corrected chi connectivity index (χ0v) is 12.3. The van der Waals surface area contributed by atoms with E-state index in [0.29, 0.717) is 25.2 Å². The first-order chi connectivity index (χ1) is 8.61. The Morgan fingerprint density at radius 2 is 2.22 bits per heavy atom. The van der Waals surface area contributed by atoms with Gasteiger partial charge >= 0.3 is 0 Å². The number of likely N-dealkylation sites (tertiary alicyclic amines) is 1. The van der Waals surface area contributed by atoms with Crippen LogP contribution in [0.4, 0.5) is 4.39 Å². The van der Waals surface area contributed by atoms with Gasteiger partial charge in [0.2, 0.25) is 0 Å². The fraction of sp³-hybridized carbons (Fsp3) is 0.571. The Labute approximate surface area is 116 Å². The van der Waals surface area contributed by atoms with Crippen molar-refractivity contribution in [1.82, 2.24) is 4.90 Å². The third kappa shape index (κ3) is 3.11. The molecule has 2 nitrogen and oxygen atoms in total. The first-order valence-corrected chi connectivity index (χ1v) is 7.31. The fourth-order valence-corrected chi connectivity index (χ4v) is 3.06. The zero-order valence-electron chi connectivity index (χ0n) is 10.7. The van der Waals surface area contributed by atoms with Gasteiger partial charge in [0.1, 0.15) is 5.82 Å². The normalized spacial score (nSPS) is 25.3. The van der Waals surface area contributed by atoms with Crippen LogP contribution in [0.5, 0.6) is 0 Å². The van der Waals surface area contributed by atoms with E-state index in [2.05, 4.69) is 27.8 Å². The molecule has 0 bridgehead atoms. The summed E-state index contributed by atoms with van der Waals surface area (Å²) in [7, 11) is 0. The van der Waals surface area contributed by atoms with Crippen molar-refractivity contribution in [3.05, 3.63) is 34.1 Å². The van der Waals surface area contributed by atoms with Crippen LogP contribution < -0.4 is 5.73 Å². The van der Waals surface area contributed by atoms with Crippen molar-refractivity contribution in [1.29, 1.82) is 0 Å². The summed E-state index contributed by atoms with van der Waals surface area (Å²) in [5, 5.41) is 0. The number of hydrogen-bond acceptors (Lipinski definition) is 2. The smallest absolute Gasteiger partial charge is 0.128 e. The molecule has 0 radical (unpaired) electrons. The van der Waals surface area contributed by atoms with Crippen LogP contribution in [-0.2, 0) is 6.54 Å². The molecule has 1 aliphatic heterocycles. The maximum Gasteiger partial charge on any atom is 0.128 e. The zero-order chi connectivity index (χ0) is 13.1. The van der Waals surface area contributed by atoms with E-state index >= 15 is 0 Å². The molecule has 0 saturated carbocycles. The number of benzene rings is 1. The van der Waals surface area contributed by atoms with Crippen LogP contribution in [0, 0.1) is 5.82 Å². The molecule has 1 aliphatic rings. The summed E-state index contributed by atoms with van der Waals surface area (Å²) in [6.45, 7) is 3.52. The van der Waals surface area contributed by atoms with Crippen LogP contribution in [0.1, 0.15) is 31.7 Å². The lowest BCUT2D eigenvalue weighted by Crippen LogP contribution is -2.48. The van der Waals surface area contributed by atoms with Gasteiger partial charge in [-0.05, 0) is 31.9 Å². The minimum atomic E-state index is -0.141. The predicted octanol–water partition coefficient (Wildman–Crippen LogP) is 3.29. The van der Waals surface area contributed by atoms with E-state index in [1.807, 2.05) is 12.1 Å². The number of nitrogens with zero attached hydrogens (tertiary/aromatic N) is 1. The lowest BCUT2D eigenvalue weighted by Gasteiger charge is -2.40. The van der Waals surface area contributed by atoms with Crippen molar-refractivity contribution in [2.75, 3.05) is 6.54 Å². The molecule has 2 unspecified atom stereocenters. The second-order valence-electron chi connectivity index (χ2n) is 5.08. The summed E-state index contributed by atoms with van der Waals surface area (Å²) in [5.41, 5.74) is 6.58. The SMILES string of the molecule is CC1CCCC(CN)N1Cc1ccc(Br)cc1F. The summed E-state index contributed by atoms with van der Waals surface area (Å²) < 4.78 is 14.7. The molecule has 1 fully saturated rings. The highest BCUT2D eigenvalue weighted by Gasteiger charge is 2.27. The molecular weight excluding hydrogens is 295 g/mol. The number of hydrogen-bond donors (Lipinski definition) is 1. The third-order valence-corrected chi connectivity index (χ3v) is 4.33. The summed E-state index contributed by atoms with van der Waals surface area (Å²) in [5.74, 6) is -0.141. The van der Waals surface area contributed by atoms with Crippen LogP contribution >= 0.6 is 15.9 Å². The average Bonchev–Trinajstić information content (AvgIpc) is 2.34. The molecule has 18 heavy (non-hydrogen) atoms. The molecule has 0 spiro atoms. The van der Waals surface area contributed by atoms with Gasteiger partial charge in [-0.25, -0.2) is 4.39 Å². The molecule has 1 aromatic rings. The van der Waals surface area contributed by atoms with E-state index in [9.17, 15) is 4.39 Å². The third-order valence-electron chi connectivity index (χ3n) is 3.83. The summed E-state index contributed by atoms with van der Waals surface area (Å²) in [6.07, 6.45) is 3.52. The van der Waals surface area contributed by atoms with Gasteiger partial charge in [0.15, 0.2) is 0 Å². The molecule has 2 N–H and O–H groups in total. The number of halogens is 2. The Bertz CT molecular complexity index is 411. The Morgan fingerprint density at radius 1 is 1.44 bits per heavy atom. The molecule has 0 aliphatic carbocycles. The molecule has 0 amide bonds. The first-order valence-electron chi connectivity index (χ1n) is 6.51. The topological polar surface area (TPSA) is 29.3 Å². The quantitative estimate of drug-likeness (QED) is 0.927. The van der Waals surface area contributed by atoms with Crippen LogP contribution in [-0.4, -0.2) is 23.5 Å². The Hall–Kier alpha value is -0.450. The monoisotopic (exact) mass is 314 g/mol. The molecule has 100 valence electrons. The van der Waals surface area contributed by atoms with Crippen molar-refractivity contribution in [2.45, 2.75) is 44.8 Å². The standard InChI is InChI=1S/C14H20BrFN2/c1-10-3-2-4-13(8-17)18(10)9-11-5-6-12(15)7-14(11)16/h5-7,10,13H,2-4,8-9,17H2,1H3. The summed E-state index contributed by atoms with van der Waals surface area (Å²) in [4.78, 5) is 2.34. The number of nitrogens with two attached hydrogens (primary N) is 1. The van der Waals surface area contributed by atoms with E-state index in [4.69, 9.17) is 5.73 Å². The van der Waals surface area contributed by atoms with E-state index in [-0.39, 0.29) is 5.82 Å². The Morgan fingerprint density at radius 3 is 2.89 bits per heavy atom. The number of rotatable bonds is 3. The van der Waals surface area contributed by atoms with Gasteiger partial charge in [-0.3, -0.25) is 4.90 Å². The van der Waals surface area contributed by atoms with Crippen molar-refractivity contribution >= 4 is 15.9 Å². The van der Waals surface area contributed by atoms with E-state index < -0.39 is 0 Å². The van der Waals surface area contributed by atoms with Gasteiger partial charge in [0, 0.05) is 35.2 Å². The van der Waals surface area contributed by atoms with Gasteiger partial charge in [-0.15, -0.1) is 0 Å². The van der Waals surface area contributed by atoms with E-state index in [1.54, 1.807) is 0 Å². The van der Waals surface area contributed by atoms with Gasteiger partial charge < -0.3 is 5.73 Å². The molecule has 2 atom stereocenters. The van der Waals surface area contributed by atoms with Gasteiger partial charge in [0.25, 0.3) is 0 Å². The van der Waals surface area contributed by atoms with E-state index in [1.165, 1.54) is 18.9 Å². The molecule has 1 saturated heterocycles. The highest BCUT2D eigenvalue weighted by Crippen LogP contribution is 2.26. The van der Waals surface area contributed by atoms with E-state index in [0.717, 1.165) is 16.5 Å². The molecule has 4 heteroatoms. The average molecular weight is 315 g/mol. The van der Waals surface area contributed by atoms with Gasteiger partial charge in [0.05, 0.1) is 0 Å². The minimum absolute atomic E-state index is 0.141. The van der Waals surface area contributed by atoms with Crippen LogP contribution in [0.15, 0.2) is 22.7 Å². The number of piperidine rings is 1. The second kappa shape index (κ2) is 6.13. The molecule has 1 aromatic carbocycles. The van der Waals surface area contributed by atoms with Crippen molar-refractivity contribution in [2.24, 2.45) is 5.73 Å². The Balaban J connectivity index is 2.15. The maximum atomic E-state index is 13.9. The van der Waals surface area contributed by atoms with Crippen LogP contribution in [0.2, 0.25) is 0 Å². The van der Waals surface area contributed by atoms with Gasteiger partial charge in [-0.1, -0.05) is 28.4 Å². The minimum Gasteiger partial charge on any atom is -0.329 e. The predicted molar refractivity (Wildman–Crippen MR) is 75.8 cm³/mol. The molecule has 1 heterocycles. The van der Waals surface area contributed by atoms with Crippen LogP contribution in [0.25, 0.3) is 0 Å². The lowest BCUT2D eigenvalue weighted by atomic mass is 9.95. The van der Waals surface area contributed by atoms with Gasteiger partial charge in [-0.2, -0.15) is 0 Å². The molecule has 2 rings (SSSR count). The maximum absolute atomic E-state index is 13.9. The first kappa shape index (κ1) is 14.0. The highest BCUT2D eigenvalue weighted by molar-refractivity contribution is 9.10. The largest absolute Gasteiger partial charge is 0.329 e. The fourth-order valence-electron chi connectivity index (χ4n) is 2.73.